The zero-order valence-electron chi connectivity index (χ0n) is 19.6. The van der Waals surface area contributed by atoms with Crippen LogP contribution in [0.15, 0.2) is 39.9 Å². The zero-order valence-corrected chi connectivity index (χ0v) is 19.6. The number of benzene rings is 1. The molecule has 0 fully saturated rings. The average Bonchev–Trinajstić information content (AvgIpc) is 3.15. The summed E-state index contributed by atoms with van der Waals surface area (Å²) in [7, 11) is 1.70. The van der Waals surface area contributed by atoms with Crippen LogP contribution in [0, 0.1) is 12.8 Å². The van der Waals surface area contributed by atoms with Gasteiger partial charge in [0.25, 0.3) is 0 Å². The van der Waals surface area contributed by atoms with Crippen molar-refractivity contribution in [3.8, 4) is 11.5 Å². The maximum atomic E-state index is 12.1. The number of amides is 1. The first-order valence-corrected chi connectivity index (χ1v) is 10.5. The number of hydrogen-bond donors (Lipinski definition) is 3. The second kappa shape index (κ2) is 10.8. The molecule has 0 aliphatic carbocycles. The number of aliphatic imine (C=N–C) groups is 1. The van der Waals surface area contributed by atoms with Gasteiger partial charge in [0, 0.05) is 19.2 Å². The lowest BCUT2D eigenvalue weighted by Gasteiger charge is -2.26. The van der Waals surface area contributed by atoms with E-state index in [-0.39, 0.29) is 12.0 Å². The van der Waals surface area contributed by atoms with E-state index in [1.807, 2.05) is 65.8 Å². The molecule has 2 rings (SSSR count). The minimum absolute atomic E-state index is 0.117. The number of oxazole rings is 1. The van der Waals surface area contributed by atoms with Gasteiger partial charge in [0.15, 0.2) is 5.96 Å². The highest BCUT2D eigenvalue weighted by atomic mass is 16.6. The first kappa shape index (κ1) is 24.2. The van der Waals surface area contributed by atoms with Gasteiger partial charge >= 0.3 is 6.09 Å². The molecule has 0 radical (unpaired) electrons. The summed E-state index contributed by atoms with van der Waals surface area (Å²) in [4.78, 5) is 20.9. The second-order valence-electron chi connectivity index (χ2n) is 8.81. The fraction of sp³-hybridized carbons (Fsp3) is 0.522. The average molecular weight is 430 g/mol. The number of aryl methyl sites for hydroxylation is 1. The molecule has 1 unspecified atom stereocenters. The Labute approximate surface area is 184 Å². The second-order valence-corrected chi connectivity index (χ2v) is 8.81. The van der Waals surface area contributed by atoms with Crippen LogP contribution in [0.4, 0.5) is 4.79 Å². The van der Waals surface area contributed by atoms with Gasteiger partial charge in [-0.1, -0.05) is 31.5 Å². The molecular formula is C23H35N5O3. The summed E-state index contributed by atoms with van der Waals surface area (Å²) in [5.74, 6) is 1.41. The molecule has 0 saturated carbocycles. The topological polar surface area (TPSA) is 101 Å². The van der Waals surface area contributed by atoms with Crippen LogP contribution < -0.4 is 16.0 Å². The summed E-state index contributed by atoms with van der Waals surface area (Å²) >= 11 is 0. The third-order valence-corrected chi connectivity index (χ3v) is 4.51. The number of nitrogens with one attached hydrogen (secondary N) is 3. The molecule has 1 aromatic heterocycles. The molecule has 0 aliphatic heterocycles. The van der Waals surface area contributed by atoms with E-state index in [1.165, 1.54) is 5.56 Å². The first-order valence-electron chi connectivity index (χ1n) is 10.5. The Morgan fingerprint density at radius 1 is 1.19 bits per heavy atom. The number of carbonyl (C=O) groups excluding carboxylic acids is 1. The standard InChI is InChI=1S/C23H35N5O3/c1-15(2)19(28-22(29)31-23(4,5)6)13-26-21(24-7)25-12-18-14-30-20(27-18)17-10-8-16(3)9-11-17/h8-11,14-15,19H,12-13H2,1-7H3,(H,28,29)(H2,24,25,26). The van der Waals surface area contributed by atoms with E-state index >= 15 is 0 Å². The number of ether oxygens (including phenoxy) is 1. The van der Waals surface area contributed by atoms with Gasteiger partial charge < -0.3 is 25.1 Å². The Morgan fingerprint density at radius 3 is 2.45 bits per heavy atom. The maximum absolute atomic E-state index is 12.1. The van der Waals surface area contributed by atoms with E-state index < -0.39 is 11.7 Å². The molecule has 0 spiro atoms. The normalized spacial score (nSPS) is 13.1. The molecule has 1 atom stereocenters. The fourth-order valence-corrected chi connectivity index (χ4v) is 2.73. The lowest BCUT2D eigenvalue weighted by atomic mass is 10.0. The Balaban J connectivity index is 1.87. The van der Waals surface area contributed by atoms with E-state index in [1.54, 1.807) is 13.3 Å². The molecule has 8 nitrogen and oxygen atoms in total. The number of aromatic nitrogens is 1. The molecule has 8 heteroatoms. The van der Waals surface area contributed by atoms with Gasteiger partial charge in [-0.05, 0) is 45.7 Å². The molecule has 3 N–H and O–H groups in total. The van der Waals surface area contributed by atoms with E-state index in [2.05, 4.69) is 25.9 Å². The Hall–Kier alpha value is -3.03. The van der Waals surface area contributed by atoms with Crippen molar-refractivity contribution in [2.75, 3.05) is 13.6 Å². The molecule has 1 heterocycles. The molecule has 1 amide bonds. The Bertz CT molecular complexity index is 866. The van der Waals surface area contributed by atoms with Gasteiger partial charge in [0.05, 0.1) is 18.3 Å². The minimum atomic E-state index is -0.536. The predicted molar refractivity (Wildman–Crippen MR) is 123 cm³/mol. The molecule has 0 aliphatic rings. The molecule has 2 aromatic rings. The molecule has 170 valence electrons. The fourth-order valence-electron chi connectivity index (χ4n) is 2.73. The van der Waals surface area contributed by atoms with Crippen molar-refractivity contribution in [1.82, 2.24) is 20.9 Å². The van der Waals surface area contributed by atoms with Gasteiger partial charge in [0.2, 0.25) is 5.89 Å². The number of nitrogens with zero attached hydrogens (tertiary/aromatic N) is 2. The maximum Gasteiger partial charge on any atom is 0.407 e. The van der Waals surface area contributed by atoms with Crippen molar-refractivity contribution in [2.45, 2.75) is 59.7 Å². The third-order valence-electron chi connectivity index (χ3n) is 4.51. The zero-order chi connectivity index (χ0) is 23.0. The van der Waals surface area contributed by atoms with Crippen molar-refractivity contribution >= 4 is 12.1 Å². The van der Waals surface area contributed by atoms with Crippen molar-refractivity contribution in [3.63, 3.8) is 0 Å². The molecule has 31 heavy (non-hydrogen) atoms. The van der Waals surface area contributed by atoms with Crippen molar-refractivity contribution < 1.29 is 13.9 Å². The summed E-state index contributed by atoms with van der Waals surface area (Å²) in [5.41, 5.74) is 2.36. The van der Waals surface area contributed by atoms with Crippen LogP contribution in [0.5, 0.6) is 0 Å². The van der Waals surface area contributed by atoms with Crippen LogP contribution in [-0.2, 0) is 11.3 Å². The summed E-state index contributed by atoms with van der Waals surface area (Å²) < 4.78 is 11.0. The predicted octanol–water partition coefficient (Wildman–Crippen LogP) is 3.86. The molecule has 0 saturated heterocycles. The van der Waals surface area contributed by atoms with Crippen LogP contribution in [0.2, 0.25) is 0 Å². The third kappa shape index (κ3) is 8.32. The summed E-state index contributed by atoms with van der Waals surface area (Å²) in [6.07, 6.45) is 1.21. The molecular weight excluding hydrogens is 394 g/mol. The molecule has 0 bridgehead atoms. The first-order chi connectivity index (χ1) is 14.6. The highest BCUT2D eigenvalue weighted by molar-refractivity contribution is 5.79. The summed E-state index contributed by atoms with van der Waals surface area (Å²) in [5, 5.41) is 9.38. The summed E-state index contributed by atoms with van der Waals surface area (Å²) in [6, 6.07) is 7.92. The Kier molecular flexibility index (Phi) is 8.47. The SMILES string of the molecule is CN=C(NCc1coc(-c2ccc(C)cc2)n1)NCC(NC(=O)OC(C)(C)C)C(C)C. The minimum Gasteiger partial charge on any atom is -0.444 e. The molecule has 1 aromatic carbocycles. The van der Waals surface area contributed by atoms with E-state index in [4.69, 9.17) is 9.15 Å². The Morgan fingerprint density at radius 2 is 1.87 bits per heavy atom. The van der Waals surface area contributed by atoms with Crippen molar-refractivity contribution in [3.05, 3.63) is 41.8 Å². The van der Waals surface area contributed by atoms with Gasteiger partial charge in [-0.15, -0.1) is 0 Å². The summed E-state index contributed by atoms with van der Waals surface area (Å²) in [6.45, 7) is 12.6. The van der Waals surface area contributed by atoms with Gasteiger partial charge in [-0.3, -0.25) is 4.99 Å². The largest absolute Gasteiger partial charge is 0.444 e. The van der Waals surface area contributed by atoms with E-state index in [0.29, 0.717) is 24.9 Å². The smallest absolute Gasteiger partial charge is 0.407 e. The van der Waals surface area contributed by atoms with Gasteiger partial charge in [-0.25, -0.2) is 9.78 Å². The number of guanidine groups is 1. The highest BCUT2D eigenvalue weighted by Gasteiger charge is 2.21. The van der Waals surface area contributed by atoms with Gasteiger partial charge in [-0.2, -0.15) is 0 Å². The number of alkyl carbamates (subject to hydrolysis) is 1. The van der Waals surface area contributed by atoms with Crippen LogP contribution >= 0.6 is 0 Å². The van der Waals surface area contributed by atoms with E-state index in [9.17, 15) is 4.79 Å². The van der Waals surface area contributed by atoms with Crippen LogP contribution in [-0.4, -0.2) is 42.3 Å². The number of carbonyl (C=O) groups is 1. The quantitative estimate of drug-likeness (QED) is 0.456. The number of hydrogen-bond acceptors (Lipinski definition) is 5. The van der Waals surface area contributed by atoms with Crippen LogP contribution in [0.3, 0.4) is 0 Å². The lowest BCUT2D eigenvalue weighted by Crippen LogP contribution is -2.50. The van der Waals surface area contributed by atoms with E-state index in [0.717, 1.165) is 11.3 Å². The monoisotopic (exact) mass is 429 g/mol. The van der Waals surface area contributed by atoms with Crippen LogP contribution in [0.1, 0.15) is 45.9 Å². The van der Waals surface area contributed by atoms with Gasteiger partial charge in [0.1, 0.15) is 11.9 Å². The lowest BCUT2D eigenvalue weighted by molar-refractivity contribution is 0.0491. The number of rotatable bonds is 7. The van der Waals surface area contributed by atoms with Crippen molar-refractivity contribution in [1.29, 1.82) is 0 Å². The van der Waals surface area contributed by atoms with Crippen molar-refractivity contribution in [2.24, 2.45) is 10.9 Å². The van der Waals surface area contributed by atoms with Crippen LogP contribution in [0.25, 0.3) is 11.5 Å². The highest BCUT2D eigenvalue weighted by Crippen LogP contribution is 2.19.